The Labute approximate surface area is 89.7 Å². The highest BCUT2D eigenvalue weighted by molar-refractivity contribution is 5.70. The van der Waals surface area contributed by atoms with Crippen LogP contribution < -0.4 is 0 Å². The minimum atomic E-state index is -0.824. The number of carbonyl (C=O) groups is 1. The monoisotopic (exact) mass is 208 g/mol. The zero-order valence-corrected chi connectivity index (χ0v) is 9.01. The second-order valence-electron chi connectivity index (χ2n) is 3.63. The second kappa shape index (κ2) is 5.51. The summed E-state index contributed by atoms with van der Waals surface area (Å²) in [6.07, 6.45) is -0.275. The van der Waals surface area contributed by atoms with Gasteiger partial charge >= 0.3 is 5.97 Å². The molecule has 0 spiro atoms. The van der Waals surface area contributed by atoms with Crippen molar-refractivity contribution < 1.29 is 14.6 Å². The predicted molar refractivity (Wildman–Crippen MR) is 57.5 cm³/mol. The van der Waals surface area contributed by atoms with E-state index in [1.807, 2.05) is 30.3 Å². The van der Waals surface area contributed by atoms with Crippen LogP contribution in [0.1, 0.15) is 19.4 Å². The summed E-state index contributed by atoms with van der Waals surface area (Å²) in [6.45, 7) is 3.89. The molecule has 0 aliphatic rings. The third-order valence-corrected chi connectivity index (χ3v) is 2.45. The number of carboxylic acid groups (broad SMARTS) is 1. The number of aliphatic carboxylic acids is 1. The van der Waals surface area contributed by atoms with Gasteiger partial charge in [0.25, 0.3) is 0 Å². The van der Waals surface area contributed by atoms with Gasteiger partial charge < -0.3 is 9.84 Å². The number of hydrogen-bond acceptors (Lipinski definition) is 2. The van der Waals surface area contributed by atoms with E-state index < -0.39 is 11.9 Å². The average Bonchev–Trinajstić information content (AvgIpc) is 2.26. The summed E-state index contributed by atoms with van der Waals surface area (Å²) < 4.78 is 5.47. The van der Waals surface area contributed by atoms with E-state index >= 15 is 0 Å². The molecule has 0 saturated carbocycles. The minimum absolute atomic E-state index is 0.275. The molecule has 1 aromatic rings. The van der Waals surface area contributed by atoms with E-state index in [1.165, 1.54) is 0 Å². The van der Waals surface area contributed by atoms with E-state index in [4.69, 9.17) is 9.84 Å². The number of rotatable bonds is 5. The Kier molecular flexibility index (Phi) is 4.31. The van der Waals surface area contributed by atoms with Gasteiger partial charge in [-0.1, -0.05) is 30.3 Å². The third-order valence-electron chi connectivity index (χ3n) is 2.45. The maximum atomic E-state index is 10.7. The summed E-state index contributed by atoms with van der Waals surface area (Å²) in [5, 5.41) is 8.77. The van der Waals surface area contributed by atoms with Gasteiger partial charge in [0.2, 0.25) is 0 Å². The highest BCUT2D eigenvalue weighted by Crippen LogP contribution is 2.10. The first kappa shape index (κ1) is 11.7. The van der Waals surface area contributed by atoms with Gasteiger partial charge in [0, 0.05) is 0 Å². The maximum Gasteiger partial charge on any atom is 0.308 e. The molecule has 3 heteroatoms. The Balaban J connectivity index is 2.41. The lowest BCUT2D eigenvalue weighted by molar-refractivity contribution is -0.146. The van der Waals surface area contributed by atoms with Crippen molar-refractivity contribution in [3.8, 4) is 0 Å². The van der Waals surface area contributed by atoms with Crippen LogP contribution in [0.5, 0.6) is 0 Å². The molecule has 0 heterocycles. The Hall–Kier alpha value is -1.35. The Bertz CT molecular complexity index is 308. The molecule has 82 valence electrons. The fourth-order valence-corrected chi connectivity index (χ4v) is 1.15. The minimum Gasteiger partial charge on any atom is -0.481 e. The van der Waals surface area contributed by atoms with Gasteiger partial charge in [-0.3, -0.25) is 4.79 Å². The lowest BCUT2D eigenvalue weighted by Gasteiger charge is -2.16. The van der Waals surface area contributed by atoms with Crippen molar-refractivity contribution in [2.75, 3.05) is 0 Å². The topological polar surface area (TPSA) is 46.5 Å². The molecule has 0 bridgehead atoms. The van der Waals surface area contributed by atoms with Crippen LogP contribution in [-0.2, 0) is 16.1 Å². The highest BCUT2D eigenvalue weighted by Gasteiger charge is 2.19. The average molecular weight is 208 g/mol. The molecule has 0 unspecified atom stereocenters. The zero-order chi connectivity index (χ0) is 11.3. The van der Waals surface area contributed by atoms with Crippen LogP contribution in [-0.4, -0.2) is 17.2 Å². The molecule has 1 N–H and O–H groups in total. The lowest BCUT2D eigenvalue weighted by atomic mass is 10.1. The van der Waals surface area contributed by atoms with Gasteiger partial charge in [-0.15, -0.1) is 0 Å². The first-order valence-electron chi connectivity index (χ1n) is 4.99. The molecule has 0 aliphatic carbocycles. The van der Waals surface area contributed by atoms with Crippen molar-refractivity contribution >= 4 is 5.97 Å². The molecule has 3 nitrogen and oxygen atoms in total. The van der Waals surface area contributed by atoms with E-state index in [0.717, 1.165) is 5.56 Å². The van der Waals surface area contributed by atoms with Crippen molar-refractivity contribution in [2.24, 2.45) is 5.92 Å². The van der Waals surface area contributed by atoms with Crippen LogP contribution in [0.25, 0.3) is 0 Å². The largest absolute Gasteiger partial charge is 0.481 e. The standard InChI is InChI=1S/C12H16O3/c1-9(12(13)14)10(2)15-8-11-6-4-3-5-7-11/h3-7,9-10H,8H2,1-2H3,(H,13,14)/t9-,10-/m0/s1. The number of ether oxygens (including phenoxy) is 1. The summed E-state index contributed by atoms with van der Waals surface area (Å²) >= 11 is 0. The van der Waals surface area contributed by atoms with Crippen LogP contribution in [0.2, 0.25) is 0 Å². The van der Waals surface area contributed by atoms with Crippen LogP contribution >= 0.6 is 0 Å². The fourth-order valence-electron chi connectivity index (χ4n) is 1.15. The first-order valence-corrected chi connectivity index (χ1v) is 4.99. The smallest absolute Gasteiger partial charge is 0.308 e. The summed E-state index contributed by atoms with van der Waals surface area (Å²) in [7, 11) is 0. The molecule has 15 heavy (non-hydrogen) atoms. The quantitative estimate of drug-likeness (QED) is 0.807. The van der Waals surface area contributed by atoms with Gasteiger partial charge in [-0.05, 0) is 19.4 Å². The predicted octanol–water partition coefficient (Wildman–Crippen LogP) is 2.31. The molecule has 1 rings (SSSR count). The highest BCUT2D eigenvalue weighted by atomic mass is 16.5. The molecule has 0 radical (unpaired) electrons. The molecule has 0 aliphatic heterocycles. The zero-order valence-electron chi connectivity index (χ0n) is 9.01. The second-order valence-corrected chi connectivity index (χ2v) is 3.63. The molecule has 1 aromatic carbocycles. The number of benzene rings is 1. The molecular formula is C12H16O3. The molecule has 0 saturated heterocycles. The van der Waals surface area contributed by atoms with Crippen molar-refractivity contribution in [2.45, 2.75) is 26.6 Å². The number of hydrogen-bond donors (Lipinski definition) is 1. The summed E-state index contributed by atoms with van der Waals surface area (Å²) in [5.74, 6) is -1.30. The van der Waals surface area contributed by atoms with Crippen molar-refractivity contribution in [1.82, 2.24) is 0 Å². The Morgan fingerprint density at radius 2 is 1.93 bits per heavy atom. The SMILES string of the molecule is C[C@H](OCc1ccccc1)[C@H](C)C(=O)O. The molecule has 0 fully saturated rings. The maximum absolute atomic E-state index is 10.7. The summed E-state index contributed by atoms with van der Waals surface area (Å²) in [5.41, 5.74) is 1.06. The van der Waals surface area contributed by atoms with Crippen LogP contribution in [0.4, 0.5) is 0 Å². The van der Waals surface area contributed by atoms with Crippen molar-refractivity contribution in [3.05, 3.63) is 35.9 Å². The van der Waals surface area contributed by atoms with E-state index in [9.17, 15) is 4.79 Å². The first-order chi connectivity index (χ1) is 7.11. The van der Waals surface area contributed by atoms with E-state index in [1.54, 1.807) is 13.8 Å². The fraction of sp³-hybridized carbons (Fsp3) is 0.417. The summed E-state index contributed by atoms with van der Waals surface area (Å²) in [4.78, 5) is 10.7. The normalized spacial score (nSPS) is 14.5. The van der Waals surface area contributed by atoms with Crippen molar-refractivity contribution in [3.63, 3.8) is 0 Å². The van der Waals surface area contributed by atoms with E-state index in [0.29, 0.717) is 6.61 Å². The van der Waals surface area contributed by atoms with E-state index in [2.05, 4.69) is 0 Å². The van der Waals surface area contributed by atoms with Gasteiger partial charge in [0.15, 0.2) is 0 Å². The van der Waals surface area contributed by atoms with Crippen LogP contribution in [0, 0.1) is 5.92 Å². The lowest BCUT2D eigenvalue weighted by Crippen LogP contribution is -2.25. The molecule has 0 aromatic heterocycles. The van der Waals surface area contributed by atoms with Gasteiger partial charge in [-0.2, -0.15) is 0 Å². The summed E-state index contributed by atoms with van der Waals surface area (Å²) in [6, 6.07) is 9.72. The Morgan fingerprint density at radius 1 is 1.33 bits per heavy atom. The number of carboxylic acids is 1. The third kappa shape index (κ3) is 3.72. The van der Waals surface area contributed by atoms with E-state index in [-0.39, 0.29) is 6.10 Å². The van der Waals surface area contributed by atoms with Gasteiger partial charge in [0.05, 0.1) is 18.6 Å². The molecular weight excluding hydrogens is 192 g/mol. The Morgan fingerprint density at radius 3 is 2.47 bits per heavy atom. The van der Waals surface area contributed by atoms with Gasteiger partial charge in [-0.25, -0.2) is 0 Å². The van der Waals surface area contributed by atoms with Crippen LogP contribution in [0.15, 0.2) is 30.3 Å². The molecule has 2 atom stereocenters. The van der Waals surface area contributed by atoms with Gasteiger partial charge in [0.1, 0.15) is 0 Å². The van der Waals surface area contributed by atoms with Crippen molar-refractivity contribution in [1.29, 1.82) is 0 Å². The van der Waals surface area contributed by atoms with Crippen LogP contribution in [0.3, 0.4) is 0 Å². The molecule has 0 amide bonds.